The van der Waals surface area contributed by atoms with Crippen LogP contribution in [-0.4, -0.2) is 19.0 Å². The number of carbonyl (C=O) groups is 1. The van der Waals surface area contributed by atoms with Crippen molar-refractivity contribution in [2.45, 2.75) is 25.7 Å². The summed E-state index contributed by atoms with van der Waals surface area (Å²) in [6.45, 7) is 3.17. The molecule has 0 aliphatic carbocycles. The minimum Gasteiger partial charge on any atom is -0.356 e. The topological polar surface area (TPSA) is 55.1 Å². The van der Waals surface area contributed by atoms with Crippen molar-refractivity contribution in [1.82, 2.24) is 5.32 Å². The average molecular weight is 255 g/mol. The van der Waals surface area contributed by atoms with Crippen LogP contribution in [-0.2, 0) is 4.79 Å². The van der Waals surface area contributed by atoms with Gasteiger partial charge < -0.3 is 11.1 Å². The maximum atomic E-state index is 12.0. The van der Waals surface area contributed by atoms with E-state index in [1.54, 1.807) is 6.07 Å². The summed E-state index contributed by atoms with van der Waals surface area (Å²) < 4.78 is 0. The highest BCUT2D eigenvalue weighted by molar-refractivity contribution is 6.31. The van der Waals surface area contributed by atoms with Gasteiger partial charge in [-0.2, -0.15) is 0 Å². The fourth-order valence-electron chi connectivity index (χ4n) is 1.72. The molecule has 3 nitrogen and oxygen atoms in total. The second-order valence-electron chi connectivity index (χ2n) is 3.94. The van der Waals surface area contributed by atoms with Crippen LogP contribution in [0.15, 0.2) is 24.3 Å². The Bertz CT molecular complexity index is 368. The molecule has 0 saturated heterocycles. The van der Waals surface area contributed by atoms with E-state index in [2.05, 4.69) is 5.32 Å². The van der Waals surface area contributed by atoms with Crippen molar-refractivity contribution in [3.05, 3.63) is 34.9 Å². The summed E-state index contributed by atoms with van der Waals surface area (Å²) >= 11 is 6.11. The molecule has 0 fully saturated rings. The van der Waals surface area contributed by atoms with Crippen LogP contribution in [0.3, 0.4) is 0 Å². The highest BCUT2D eigenvalue weighted by Gasteiger charge is 2.21. The van der Waals surface area contributed by atoms with E-state index >= 15 is 0 Å². The summed E-state index contributed by atoms with van der Waals surface area (Å²) in [4.78, 5) is 12.0. The lowest BCUT2D eigenvalue weighted by atomic mass is 9.94. The van der Waals surface area contributed by atoms with E-state index in [1.165, 1.54) is 0 Å². The molecule has 3 N–H and O–H groups in total. The van der Waals surface area contributed by atoms with E-state index in [4.69, 9.17) is 17.3 Å². The van der Waals surface area contributed by atoms with E-state index in [-0.39, 0.29) is 11.8 Å². The Kier molecular flexibility index (Phi) is 6.01. The van der Waals surface area contributed by atoms with Gasteiger partial charge in [-0.15, -0.1) is 0 Å². The van der Waals surface area contributed by atoms with Crippen LogP contribution in [0.1, 0.15) is 31.2 Å². The lowest BCUT2D eigenvalue weighted by Gasteiger charge is -2.17. The number of hydrogen-bond donors (Lipinski definition) is 2. The molecule has 1 aromatic rings. The van der Waals surface area contributed by atoms with Crippen molar-refractivity contribution in [1.29, 1.82) is 0 Å². The predicted octanol–water partition coefficient (Wildman–Crippen LogP) is 2.30. The molecule has 0 saturated carbocycles. The van der Waals surface area contributed by atoms with Gasteiger partial charge >= 0.3 is 0 Å². The molecule has 17 heavy (non-hydrogen) atoms. The quantitative estimate of drug-likeness (QED) is 0.819. The zero-order valence-electron chi connectivity index (χ0n) is 10.1. The first-order valence-electron chi connectivity index (χ1n) is 5.92. The lowest BCUT2D eigenvalue weighted by molar-refractivity contribution is -0.122. The van der Waals surface area contributed by atoms with Crippen LogP contribution in [0.4, 0.5) is 0 Å². The maximum Gasteiger partial charge on any atom is 0.227 e. The number of nitrogens with one attached hydrogen (secondary N) is 1. The average Bonchev–Trinajstić information content (AvgIpc) is 2.34. The molecular formula is C13H19ClN2O. The van der Waals surface area contributed by atoms with Crippen LogP contribution in [0, 0.1) is 0 Å². The number of rotatable bonds is 6. The number of halogens is 1. The second kappa shape index (κ2) is 7.30. The molecule has 0 bridgehead atoms. The third-order valence-corrected chi connectivity index (χ3v) is 2.95. The Morgan fingerprint density at radius 2 is 2.18 bits per heavy atom. The molecule has 0 radical (unpaired) electrons. The minimum atomic E-state index is -0.250. The number of carbonyl (C=O) groups excluding carboxylic acids is 1. The number of benzene rings is 1. The zero-order chi connectivity index (χ0) is 12.7. The molecule has 0 aromatic heterocycles. The maximum absolute atomic E-state index is 12.0. The van der Waals surface area contributed by atoms with Crippen LogP contribution in [0.5, 0.6) is 0 Å². The van der Waals surface area contributed by atoms with Crippen molar-refractivity contribution in [2.24, 2.45) is 5.73 Å². The van der Waals surface area contributed by atoms with Crippen LogP contribution in [0.25, 0.3) is 0 Å². The highest BCUT2D eigenvalue weighted by atomic mass is 35.5. The molecule has 0 spiro atoms. The SMILES string of the molecule is CCCNC(=O)C(CCN)c1ccccc1Cl. The van der Waals surface area contributed by atoms with Gasteiger partial charge in [0.05, 0.1) is 5.92 Å². The highest BCUT2D eigenvalue weighted by Crippen LogP contribution is 2.26. The van der Waals surface area contributed by atoms with Gasteiger partial charge in [-0.3, -0.25) is 4.79 Å². The van der Waals surface area contributed by atoms with E-state index < -0.39 is 0 Å². The smallest absolute Gasteiger partial charge is 0.227 e. The Balaban J connectivity index is 2.85. The Morgan fingerprint density at radius 1 is 1.47 bits per heavy atom. The largest absolute Gasteiger partial charge is 0.356 e. The fraction of sp³-hybridized carbons (Fsp3) is 0.462. The Morgan fingerprint density at radius 3 is 2.76 bits per heavy atom. The van der Waals surface area contributed by atoms with E-state index in [1.807, 2.05) is 25.1 Å². The fourth-order valence-corrected chi connectivity index (χ4v) is 1.99. The molecule has 4 heteroatoms. The van der Waals surface area contributed by atoms with Crippen LogP contribution in [0.2, 0.25) is 5.02 Å². The summed E-state index contributed by atoms with van der Waals surface area (Å²) in [5.41, 5.74) is 6.42. The van der Waals surface area contributed by atoms with Gasteiger partial charge in [-0.05, 0) is 31.0 Å². The van der Waals surface area contributed by atoms with Gasteiger partial charge in [0, 0.05) is 11.6 Å². The van der Waals surface area contributed by atoms with E-state index in [0.29, 0.717) is 24.5 Å². The van der Waals surface area contributed by atoms with Crippen molar-refractivity contribution in [2.75, 3.05) is 13.1 Å². The van der Waals surface area contributed by atoms with E-state index in [0.717, 1.165) is 12.0 Å². The summed E-state index contributed by atoms with van der Waals surface area (Å²) in [5.74, 6) is -0.245. The first kappa shape index (κ1) is 14.0. The summed E-state index contributed by atoms with van der Waals surface area (Å²) in [6, 6.07) is 7.43. The normalized spacial score (nSPS) is 12.2. The van der Waals surface area contributed by atoms with Crippen LogP contribution < -0.4 is 11.1 Å². The molecule has 1 atom stereocenters. The van der Waals surface area contributed by atoms with Gasteiger partial charge in [0.15, 0.2) is 0 Å². The molecular weight excluding hydrogens is 236 g/mol. The lowest BCUT2D eigenvalue weighted by Crippen LogP contribution is -2.31. The van der Waals surface area contributed by atoms with Crippen molar-refractivity contribution < 1.29 is 4.79 Å². The first-order valence-corrected chi connectivity index (χ1v) is 6.30. The molecule has 0 aliphatic rings. The summed E-state index contributed by atoms with van der Waals surface area (Å²) in [5, 5.41) is 3.51. The van der Waals surface area contributed by atoms with Gasteiger partial charge in [-0.1, -0.05) is 36.7 Å². The standard InChI is InChI=1S/C13H19ClN2O/c1-2-9-16-13(17)11(7-8-15)10-5-3-4-6-12(10)14/h3-6,11H,2,7-9,15H2,1H3,(H,16,17). The molecule has 94 valence electrons. The monoisotopic (exact) mass is 254 g/mol. The van der Waals surface area contributed by atoms with Crippen molar-refractivity contribution >= 4 is 17.5 Å². The number of hydrogen-bond acceptors (Lipinski definition) is 2. The minimum absolute atomic E-state index is 0.00500. The van der Waals surface area contributed by atoms with Gasteiger partial charge in [0.2, 0.25) is 5.91 Å². The second-order valence-corrected chi connectivity index (χ2v) is 4.35. The molecule has 1 unspecified atom stereocenters. The molecule has 1 aromatic carbocycles. The van der Waals surface area contributed by atoms with Gasteiger partial charge in [0.25, 0.3) is 0 Å². The third-order valence-electron chi connectivity index (χ3n) is 2.60. The number of nitrogens with two attached hydrogens (primary N) is 1. The Hall–Kier alpha value is -1.06. The molecule has 1 amide bonds. The third kappa shape index (κ3) is 4.02. The van der Waals surface area contributed by atoms with Crippen molar-refractivity contribution in [3.63, 3.8) is 0 Å². The van der Waals surface area contributed by atoms with E-state index in [9.17, 15) is 4.79 Å². The summed E-state index contributed by atoms with van der Waals surface area (Å²) in [6.07, 6.45) is 1.53. The molecule has 1 rings (SSSR count). The molecule has 0 aliphatic heterocycles. The van der Waals surface area contributed by atoms with Crippen LogP contribution >= 0.6 is 11.6 Å². The van der Waals surface area contributed by atoms with Gasteiger partial charge in [0.1, 0.15) is 0 Å². The van der Waals surface area contributed by atoms with Gasteiger partial charge in [-0.25, -0.2) is 0 Å². The zero-order valence-corrected chi connectivity index (χ0v) is 10.8. The first-order chi connectivity index (χ1) is 8.20. The summed E-state index contributed by atoms with van der Waals surface area (Å²) in [7, 11) is 0. The molecule has 0 heterocycles. The predicted molar refractivity (Wildman–Crippen MR) is 71.2 cm³/mol. The number of amides is 1. The van der Waals surface area contributed by atoms with Crippen molar-refractivity contribution in [3.8, 4) is 0 Å². The Labute approximate surface area is 107 Å².